The quantitative estimate of drug-likeness (QED) is 0.0327. The number of esters is 3. The van der Waals surface area contributed by atoms with E-state index in [1.165, 1.54) is 36.1 Å². The summed E-state index contributed by atoms with van der Waals surface area (Å²) in [5.74, 6) is -8.42. The van der Waals surface area contributed by atoms with Crippen molar-refractivity contribution in [3.05, 3.63) is 54.4 Å². The maximum atomic E-state index is 13.7. The monoisotopic (exact) mass is 902 g/mol. The molecule has 2 aromatic carbocycles. The van der Waals surface area contributed by atoms with Crippen molar-refractivity contribution in [2.24, 2.45) is 57.5 Å². The number of likely N-dealkylation sites (tertiary alicyclic amines) is 1. The number of carboxylic acid groups (broad SMARTS) is 1. The number of hydrogen-bond donors (Lipinski definition) is 7. The summed E-state index contributed by atoms with van der Waals surface area (Å²) >= 11 is 0. The lowest BCUT2D eigenvalue weighted by atomic mass is 9.63. The van der Waals surface area contributed by atoms with Gasteiger partial charge in [0.15, 0.2) is 23.0 Å². The van der Waals surface area contributed by atoms with Gasteiger partial charge in [-0.05, 0) is 97.7 Å². The number of hydrogen-bond acceptors (Lipinski definition) is 14. The van der Waals surface area contributed by atoms with Crippen LogP contribution in [-0.4, -0.2) is 97.5 Å². The zero-order valence-electron chi connectivity index (χ0n) is 39.5. The third-order valence-corrected chi connectivity index (χ3v) is 12.3. The van der Waals surface area contributed by atoms with Gasteiger partial charge in [-0.1, -0.05) is 80.9 Å². The highest BCUT2D eigenvalue weighted by molar-refractivity contribution is 6.05. The molecule has 2 aliphatic rings. The molecule has 2 aromatic rings. The maximum absolute atomic E-state index is 13.7. The Hall–Kier alpha value is -5.35. The highest BCUT2D eigenvalue weighted by atomic mass is 16.6. The molecule has 0 radical (unpaired) electrons. The zero-order chi connectivity index (χ0) is 49.5. The Labute approximate surface area is 378 Å². The molecule has 16 heteroatoms. The lowest BCUT2D eigenvalue weighted by Crippen LogP contribution is -2.43. The Morgan fingerprint density at radius 3 is 1.64 bits per heavy atom. The molecule has 0 saturated carbocycles. The van der Waals surface area contributed by atoms with E-state index in [4.69, 9.17) is 25.8 Å². The molecular formula is C48H73N2O14+. The molecule has 0 aliphatic carbocycles. The molecular weight excluding hydrogens is 829 g/mol. The van der Waals surface area contributed by atoms with E-state index < -0.39 is 64.3 Å². The van der Waals surface area contributed by atoms with Crippen LogP contribution in [0.15, 0.2) is 36.4 Å². The van der Waals surface area contributed by atoms with E-state index in [1.807, 2.05) is 41.5 Å². The molecule has 0 spiro atoms. The van der Waals surface area contributed by atoms with Crippen molar-refractivity contribution in [2.45, 2.75) is 108 Å². The number of nitrogens with two attached hydrogens (primary N) is 1. The number of phenolic OH excluding ortho intramolecular Hbond substituents is 4. The largest absolute Gasteiger partial charge is 0.504 e. The predicted octanol–water partition coefficient (Wildman–Crippen LogP) is 6.16. The number of aliphatic hydroxyl groups excluding tert-OH is 1. The lowest BCUT2D eigenvalue weighted by Gasteiger charge is -2.39. The third kappa shape index (κ3) is 14.9. The van der Waals surface area contributed by atoms with E-state index in [0.29, 0.717) is 31.4 Å². The smallest absolute Gasteiger partial charge is 0.362 e. The molecule has 0 bridgehead atoms. The molecule has 8 N–H and O–H groups in total. The van der Waals surface area contributed by atoms with Crippen LogP contribution in [0.25, 0.3) is 0 Å². The van der Waals surface area contributed by atoms with Gasteiger partial charge in [-0.15, -0.1) is 0 Å². The average molecular weight is 902 g/mol. The van der Waals surface area contributed by atoms with Crippen molar-refractivity contribution >= 4 is 35.7 Å². The second-order valence-electron chi connectivity index (χ2n) is 18.2. The number of phenols is 4. The molecule has 0 aromatic heterocycles. The van der Waals surface area contributed by atoms with Crippen LogP contribution in [-0.2, 0) is 51.1 Å². The predicted molar refractivity (Wildman–Crippen MR) is 239 cm³/mol. The fourth-order valence-electron chi connectivity index (χ4n) is 8.12. The summed E-state index contributed by atoms with van der Waals surface area (Å²) in [4.78, 5) is 75.6. The van der Waals surface area contributed by atoms with E-state index in [1.54, 1.807) is 39.8 Å². The third-order valence-electron chi connectivity index (χ3n) is 12.3. The Kier molecular flexibility index (Phi) is 21.8. The standard InChI is InChI=1S/C28H41NO8.C10H15O3.C8H11NO2.C2H6O/c1-8-27(4,5)22-18(15-28(6,7)21(25(34)35)16(3)26(36)37-9-2)23(32)29(24(22)33)13-12-17-10-11-19(30)20(31)14-17;1-5-10(3,4)7-6(2)8(11)13-9(7)12;9-4-3-6-1-2-7(10)8(11)5-6;1-2-3/h10-11,14,16,18,21-22,30-31H,8-9,12-13,15H2,1-7H3,(H,34,35);6-7H,2,5H2,1,3-4H3;1-2,5,10-11H,3-4,9H2;3H,2H2,1H3/q;+1;;. The van der Waals surface area contributed by atoms with Gasteiger partial charge < -0.3 is 45.8 Å². The van der Waals surface area contributed by atoms with Crippen LogP contribution in [0.1, 0.15) is 107 Å². The topological polar surface area (TPSA) is 272 Å². The van der Waals surface area contributed by atoms with E-state index in [0.717, 1.165) is 12.0 Å². The van der Waals surface area contributed by atoms with Crippen molar-refractivity contribution in [1.29, 1.82) is 0 Å². The number of imide groups is 1. The van der Waals surface area contributed by atoms with Crippen LogP contribution >= 0.6 is 0 Å². The number of aromatic hydroxyl groups is 4. The number of aliphatic hydroxyl groups is 1. The van der Waals surface area contributed by atoms with Gasteiger partial charge in [0.1, 0.15) is 5.92 Å². The molecule has 2 fully saturated rings. The van der Waals surface area contributed by atoms with Crippen LogP contribution in [0.3, 0.4) is 0 Å². The number of carboxylic acids is 1. The second kappa shape index (κ2) is 24.6. The van der Waals surface area contributed by atoms with Crippen molar-refractivity contribution in [2.75, 3.05) is 26.3 Å². The van der Waals surface area contributed by atoms with E-state index in [2.05, 4.69) is 11.7 Å². The normalized spacial score (nSPS) is 19.5. The summed E-state index contributed by atoms with van der Waals surface area (Å²) in [5, 5.41) is 54.9. The van der Waals surface area contributed by atoms with Gasteiger partial charge in [0.25, 0.3) is 0 Å². The van der Waals surface area contributed by atoms with Crippen molar-refractivity contribution in [1.82, 2.24) is 4.90 Å². The summed E-state index contributed by atoms with van der Waals surface area (Å²) in [5.41, 5.74) is 5.15. The molecule has 64 heavy (non-hydrogen) atoms. The maximum Gasteiger partial charge on any atom is 0.362 e. The van der Waals surface area contributed by atoms with Gasteiger partial charge in [-0.3, -0.25) is 28.9 Å². The van der Waals surface area contributed by atoms with Crippen molar-refractivity contribution < 1.29 is 68.9 Å². The van der Waals surface area contributed by atoms with Crippen LogP contribution < -0.4 is 5.73 Å². The molecule has 2 aliphatic heterocycles. The first-order valence-electron chi connectivity index (χ1n) is 21.8. The van der Waals surface area contributed by atoms with Gasteiger partial charge in [0, 0.05) is 13.2 Å². The van der Waals surface area contributed by atoms with Gasteiger partial charge in [-0.2, -0.15) is 0 Å². The molecule has 16 nitrogen and oxygen atoms in total. The Morgan fingerprint density at radius 2 is 1.25 bits per heavy atom. The molecule has 2 amide bonds. The zero-order valence-corrected chi connectivity index (χ0v) is 39.5. The van der Waals surface area contributed by atoms with Crippen LogP contribution in [0, 0.1) is 58.7 Å². The van der Waals surface area contributed by atoms with Crippen LogP contribution in [0.4, 0.5) is 0 Å². The Morgan fingerprint density at radius 1 is 0.781 bits per heavy atom. The minimum Gasteiger partial charge on any atom is -0.504 e. The first-order valence-corrected chi connectivity index (χ1v) is 21.8. The van der Waals surface area contributed by atoms with Crippen molar-refractivity contribution in [3.63, 3.8) is 0 Å². The summed E-state index contributed by atoms with van der Waals surface area (Å²) in [7, 11) is 0. The van der Waals surface area contributed by atoms with Crippen molar-refractivity contribution in [3.8, 4) is 23.0 Å². The SMILES string of the molecule is CCO.CCOC(=O)C(C)C(C(=O)O)C(C)(C)CC1C(=O)N(CCc2ccc(O)c(O)c2)C(=O)C1C(C)(C)CC.NCCc1ccc(O)c(O)c1.[CH2+]C1C(=O)OC(=O)C1C(C)(C)CC. The number of benzene rings is 2. The number of aliphatic carboxylic acids is 1. The molecule has 358 valence electrons. The number of rotatable bonds is 16. The first-order chi connectivity index (χ1) is 29.6. The highest BCUT2D eigenvalue weighted by Gasteiger charge is 2.56. The Balaban J connectivity index is 0.000000609. The minimum absolute atomic E-state index is 0.0871. The van der Waals surface area contributed by atoms with Crippen LogP contribution in [0.2, 0.25) is 0 Å². The van der Waals surface area contributed by atoms with E-state index >= 15 is 0 Å². The van der Waals surface area contributed by atoms with Gasteiger partial charge in [-0.25, -0.2) is 4.79 Å². The molecule has 2 saturated heterocycles. The van der Waals surface area contributed by atoms with Crippen LogP contribution in [0.5, 0.6) is 23.0 Å². The molecule has 2 heterocycles. The highest BCUT2D eigenvalue weighted by Crippen LogP contribution is 2.49. The summed E-state index contributed by atoms with van der Waals surface area (Å²) in [6.07, 6.45) is 2.58. The number of amides is 2. The molecule has 4 rings (SSSR count). The van der Waals surface area contributed by atoms with Gasteiger partial charge >= 0.3 is 23.9 Å². The number of ether oxygens (including phenoxy) is 2. The second-order valence-corrected chi connectivity index (χ2v) is 18.2. The van der Waals surface area contributed by atoms with E-state index in [-0.39, 0.29) is 72.3 Å². The minimum atomic E-state index is -1.15. The Bertz CT molecular complexity index is 1910. The fraction of sp³-hybridized carbons (Fsp3) is 0.604. The molecule has 6 unspecified atom stereocenters. The molecule has 6 atom stereocenters. The number of nitrogens with zero attached hydrogens (tertiary/aromatic N) is 1. The summed E-state index contributed by atoms with van der Waals surface area (Å²) < 4.78 is 9.61. The summed E-state index contributed by atoms with van der Waals surface area (Å²) in [6.45, 7) is 24.7. The van der Waals surface area contributed by atoms with Gasteiger partial charge in [0.05, 0.1) is 37.2 Å². The lowest BCUT2D eigenvalue weighted by molar-refractivity contribution is -0.162. The average Bonchev–Trinajstić information content (AvgIpc) is 3.61. The van der Waals surface area contributed by atoms with Gasteiger partial charge in [0.2, 0.25) is 17.7 Å². The number of carbonyl (C=O) groups excluding carboxylic acids is 5. The summed E-state index contributed by atoms with van der Waals surface area (Å²) in [6, 6.07) is 9.07. The number of cyclic esters (lactones) is 2. The first kappa shape index (κ1) is 56.7. The fourth-order valence-corrected chi connectivity index (χ4v) is 8.12. The number of carbonyl (C=O) groups is 6. The van der Waals surface area contributed by atoms with E-state index in [9.17, 15) is 44.1 Å².